The lowest BCUT2D eigenvalue weighted by Crippen LogP contribution is -2.30. The molecule has 0 radical (unpaired) electrons. The zero-order chi connectivity index (χ0) is 24.2. The maximum absolute atomic E-state index is 10.5. The first-order valence-electron chi connectivity index (χ1n) is 11.0. The number of phenols is 1. The second-order valence-corrected chi connectivity index (χ2v) is 8.00. The predicted molar refractivity (Wildman–Crippen MR) is 127 cm³/mol. The van der Waals surface area contributed by atoms with Crippen LogP contribution in [-0.2, 0) is 4.74 Å². The first-order valence-corrected chi connectivity index (χ1v) is 11.0. The monoisotopic (exact) mass is 472 g/mol. The lowest BCUT2D eigenvalue weighted by molar-refractivity contribution is 0.0568. The molecule has 178 valence electrons. The summed E-state index contributed by atoms with van der Waals surface area (Å²) in [6, 6.07) is 17.5. The van der Waals surface area contributed by atoms with Crippen LogP contribution in [0.1, 0.15) is 35.5 Å². The number of aromatic hydroxyl groups is 1. The van der Waals surface area contributed by atoms with Crippen LogP contribution in [-0.4, -0.2) is 34.9 Å². The average Bonchev–Trinajstić information content (AvgIpc) is 3.57. The quantitative estimate of drug-likeness (QED) is 0.239. The number of methoxy groups -OCH3 is 1. The van der Waals surface area contributed by atoms with Gasteiger partial charge in [-0.25, -0.2) is 0 Å². The number of nitrogens with one attached hydrogen (secondary N) is 2. The molecule has 2 unspecified atom stereocenters. The lowest BCUT2D eigenvalue weighted by Gasteiger charge is -2.25. The van der Waals surface area contributed by atoms with Crippen LogP contribution >= 0.6 is 0 Å². The van der Waals surface area contributed by atoms with Gasteiger partial charge in [-0.1, -0.05) is 29.4 Å². The van der Waals surface area contributed by atoms with Gasteiger partial charge in [-0.15, -0.1) is 0 Å². The molecule has 1 aliphatic rings. The third-order valence-electron chi connectivity index (χ3n) is 5.77. The zero-order valence-electron chi connectivity index (χ0n) is 19.0. The molecule has 0 saturated heterocycles. The molecule has 2 aromatic heterocycles. The van der Waals surface area contributed by atoms with E-state index in [0.717, 1.165) is 5.56 Å². The predicted octanol–water partition coefficient (Wildman–Crippen LogP) is 4.60. The van der Waals surface area contributed by atoms with E-state index in [1.54, 1.807) is 43.8 Å². The number of nitrogens with zero attached hydrogens (tertiary/aromatic N) is 2. The van der Waals surface area contributed by atoms with Gasteiger partial charge in [-0.3, -0.25) is 10.3 Å². The molecule has 0 saturated carbocycles. The molecule has 9 heteroatoms. The number of fused-ring (bicyclic) bond motifs is 1. The van der Waals surface area contributed by atoms with E-state index in [0.29, 0.717) is 39.8 Å². The Morgan fingerprint density at radius 1 is 1.11 bits per heavy atom. The summed E-state index contributed by atoms with van der Waals surface area (Å²) >= 11 is 0. The Hall–Kier alpha value is -4.21. The van der Waals surface area contributed by atoms with E-state index in [4.69, 9.17) is 24.1 Å². The summed E-state index contributed by atoms with van der Waals surface area (Å²) in [4.78, 5) is 4.11. The molecule has 1 aliphatic heterocycles. The molecule has 0 bridgehead atoms. The Bertz CT molecular complexity index is 1320. The van der Waals surface area contributed by atoms with E-state index in [1.807, 2.05) is 36.4 Å². The van der Waals surface area contributed by atoms with Crippen LogP contribution in [0.5, 0.6) is 17.2 Å². The summed E-state index contributed by atoms with van der Waals surface area (Å²) < 4.78 is 22.1. The number of pyridine rings is 1. The first kappa shape index (κ1) is 22.6. The van der Waals surface area contributed by atoms with Crippen molar-refractivity contribution < 1.29 is 23.8 Å². The van der Waals surface area contributed by atoms with E-state index >= 15 is 0 Å². The highest BCUT2D eigenvalue weighted by molar-refractivity contribution is 5.98. The van der Waals surface area contributed by atoms with Crippen molar-refractivity contribution in [3.63, 3.8) is 0 Å². The van der Waals surface area contributed by atoms with Crippen LogP contribution in [0.2, 0.25) is 0 Å². The summed E-state index contributed by atoms with van der Waals surface area (Å²) in [6.45, 7) is 0.192. The largest absolute Gasteiger partial charge is 0.508 e. The van der Waals surface area contributed by atoms with E-state index in [1.165, 1.54) is 0 Å². The summed E-state index contributed by atoms with van der Waals surface area (Å²) in [5.41, 5.74) is 3.03. The van der Waals surface area contributed by atoms with Crippen LogP contribution in [0.4, 0.5) is 0 Å². The van der Waals surface area contributed by atoms with E-state index < -0.39 is 12.3 Å². The molecule has 3 N–H and O–H groups in total. The fourth-order valence-electron chi connectivity index (χ4n) is 3.96. The van der Waals surface area contributed by atoms with Crippen LogP contribution < -0.4 is 14.8 Å². The van der Waals surface area contributed by atoms with Gasteiger partial charge in [0.15, 0.2) is 23.5 Å². The van der Waals surface area contributed by atoms with E-state index in [2.05, 4.69) is 15.5 Å². The van der Waals surface area contributed by atoms with Gasteiger partial charge in [0.05, 0.1) is 0 Å². The minimum Gasteiger partial charge on any atom is -0.508 e. The SMILES string of the molecule is COC(NC(CC(=N)c1cccnc1)c1ccccc1O)c1cc(-c2ccc3c(c2)OCO3)on1. The van der Waals surface area contributed by atoms with Gasteiger partial charge in [0, 0.05) is 60.4 Å². The third kappa shape index (κ3) is 4.86. The highest BCUT2D eigenvalue weighted by atomic mass is 16.7. The number of hydrogen-bond donors (Lipinski definition) is 3. The molecule has 4 aromatic rings. The fraction of sp³-hybridized carbons (Fsp3) is 0.192. The van der Waals surface area contributed by atoms with Gasteiger partial charge in [0.25, 0.3) is 0 Å². The summed E-state index contributed by atoms with van der Waals surface area (Å²) in [6.07, 6.45) is 2.94. The molecule has 35 heavy (non-hydrogen) atoms. The highest BCUT2D eigenvalue weighted by Gasteiger charge is 2.25. The Kier molecular flexibility index (Phi) is 6.42. The van der Waals surface area contributed by atoms with Crippen LogP contribution in [0.3, 0.4) is 0 Å². The highest BCUT2D eigenvalue weighted by Crippen LogP contribution is 2.37. The average molecular weight is 473 g/mol. The van der Waals surface area contributed by atoms with E-state index in [-0.39, 0.29) is 19.0 Å². The molecular formula is C26H24N4O5. The Morgan fingerprint density at radius 2 is 1.97 bits per heavy atom. The molecule has 2 aromatic carbocycles. The maximum atomic E-state index is 10.5. The smallest absolute Gasteiger partial charge is 0.231 e. The van der Waals surface area contributed by atoms with Crippen LogP contribution in [0, 0.1) is 5.41 Å². The number of phenolic OH excluding ortho intramolecular Hbond substituents is 1. The summed E-state index contributed by atoms with van der Waals surface area (Å²) in [5, 5.41) is 26.7. The van der Waals surface area contributed by atoms with Crippen molar-refractivity contribution in [3.8, 4) is 28.6 Å². The molecular weight excluding hydrogens is 448 g/mol. The number of ether oxygens (including phenoxy) is 3. The van der Waals surface area contributed by atoms with Gasteiger partial charge in [-0.2, -0.15) is 0 Å². The Morgan fingerprint density at radius 3 is 2.77 bits per heavy atom. The van der Waals surface area contributed by atoms with Crippen molar-refractivity contribution >= 4 is 5.71 Å². The number of para-hydroxylation sites is 1. The lowest BCUT2D eigenvalue weighted by atomic mass is 9.97. The van der Waals surface area contributed by atoms with Gasteiger partial charge in [0.2, 0.25) is 6.79 Å². The maximum Gasteiger partial charge on any atom is 0.231 e. The van der Waals surface area contributed by atoms with Crippen molar-refractivity contribution in [1.82, 2.24) is 15.5 Å². The molecule has 0 fully saturated rings. The summed E-state index contributed by atoms with van der Waals surface area (Å²) in [7, 11) is 1.56. The summed E-state index contributed by atoms with van der Waals surface area (Å²) in [5.74, 6) is 2.01. The van der Waals surface area contributed by atoms with E-state index in [9.17, 15) is 5.11 Å². The standard InChI is InChI=1S/C26H24N4O5/c1-32-26(21-13-24(35-30-21)16-8-9-23-25(11-16)34-15-33-23)29-20(18-6-2-3-7-22(18)31)12-19(27)17-5-4-10-28-14-17/h2-11,13-14,20,26-27,29,31H,12,15H2,1H3. The van der Waals surface area contributed by atoms with Crippen molar-refractivity contribution in [2.75, 3.05) is 13.9 Å². The molecule has 0 amide bonds. The van der Waals surface area contributed by atoms with Crippen molar-refractivity contribution in [1.29, 1.82) is 5.41 Å². The normalized spacial score (nSPS) is 14.0. The van der Waals surface area contributed by atoms with Gasteiger partial charge in [-0.05, 0) is 30.3 Å². The third-order valence-corrected chi connectivity index (χ3v) is 5.77. The first-order chi connectivity index (χ1) is 17.1. The molecule has 5 rings (SSSR count). The van der Waals surface area contributed by atoms with Crippen molar-refractivity contribution in [2.45, 2.75) is 18.7 Å². The Balaban J connectivity index is 1.40. The topological polar surface area (TPSA) is 123 Å². The second kappa shape index (κ2) is 9.96. The zero-order valence-corrected chi connectivity index (χ0v) is 19.0. The molecule has 9 nitrogen and oxygen atoms in total. The van der Waals surface area contributed by atoms with Gasteiger partial charge < -0.3 is 29.2 Å². The molecule has 0 spiro atoms. The van der Waals surface area contributed by atoms with Crippen molar-refractivity contribution in [2.24, 2.45) is 0 Å². The fourth-order valence-corrected chi connectivity index (χ4v) is 3.96. The van der Waals surface area contributed by atoms with Crippen LogP contribution in [0.15, 0.2) is 77.6 Å². The molecule has 0 aliphatic carbocycles. The number of rotatable bonds is 9. The van der Waals surface area contributed by atoms with Crippen LogP contribution in [0.25, 0.3) is 11.3 Å². The number of aromatic nitrogens is 2. The second-order valence-electron chi connectivity index (χ2n) is 8.00. The van der Waals surface area contributed by atoms with Crippen molar-refractivity contribution in [3.05, 3.63) is 89.9 Å². The molecule has 3 heterocycles. The molecule has 2 atom stereocenters. The number of hydrogen-bond acceptors (Lipinski definition) is 9. The minimum atomic E-state index is -0.659. The minimum absolute atomic E-state index is 0.125. The Labute approximate surface area is 201 Å². The number of benzene rings is 2. The van der Waals surface area contributed by atoms with Gasteiger partial charge >= 0.3 is 0 Å². The van der Waals surface area contributed by atoms with Gasteiger partial charge in [0.1, 0.15) is 11.4 Å².